The highest BCUT2D eigenvalue weighted by atomic mass is 16.5. The molecule has 0 aromatic heterocycles. The summed E-state index contributed by atoms with van der Waals surface area (Å²) in [5.41, 5.74) is 0.693. The van der Waals surface area contributed by atoms with Crippen molar-refractivity contribution in [2.45, 2.75) is 25.7 Å². The first-order chi connectivity index (χ1) is 12.0. The molecule has 2 rings (SSSR count). The van der Waals surface area contributed by atoms with E-state index in [1.54, 1.807) is 7.11 Å². The Morgan fingerprint density at radius 1 is 1.08 bits per heavy atom. The lowest BCUT2D eigenvalue weighted by atomic mass is 9.81. The number of rotatable bonds is 7. The molecule has 6 heteroatoms. The average molecular weight is 347 g/mol. The summed E-state index contributed by atoms with van der Waals surface area (Å²) in [6.45, 7) is 1.50. The van der Waals surface area contributed by atoms with Crippen molar-refractivity contribution in [3.63, 3.8) is 0 Å². The molecule has 0 heterocycles. The Hall–Kier alpha value is -2.08. The quantitative estimate of drug-likeness (QED) is 0.793. The zero-order valence-corrected chi connectivity index (χ0v) is 15.4. The normalized spacial score (nSPS) is 20.2. The maximum atomic E-state index is 12.5. The van der Waals surface area contributed by atoms with Gasteiger partial charge in [-0.2, -0.15) is 0 Å². The highest BCUT2D eigenvalue weighted by Crippen LogP contribution is 2.31. The van der Waals surface area contributed by atoms with Crippen LogP contribution in [0.4, 0.5) is 5.69 Å². The Kier molecular flexibility index (Phi) is 7.25. The van der Waals surface area contributed by atoms with Gasteiger partial charge in [0, 0.05) is 24.9 Å². The van der Waals surface area contributed by atoms with Crippen molar-refractivity contribution >= 4 is 17.5 Å². The molecule has 2 amide bonds. The fourth-order valence-electron chi connectivity index (χ4n) is 3.15. The topological polar surface area (TPSA) is 70.7 Å². The van der Waals surface area contributed by atoms with Crippen LogP contribution >= 0.6 is 0 Å². The van der Waals surface area contributed by atoms with Crippen LogP contribution in [0.1, 0.15) is 25.7 Å². The van der Waals surface area contributed by atoms with Crippen LogP contribution in [0.15, 0.2) is 24.3 Å². The van der Waals surface area contributed by atoms with Crippen molar-refractivity contribution in [2.75, 3.05) is 39.6 Å². The molecule has 0 unspecified atom stereocenters. The number of nitrogens with zero attached hydrogens (tertiary/aromatic N) is 1. The minimum absolute atomic E-state index is 0.0102. The Morgan fingerprint density at radius 3 is 2.28 bits per heavy atom. The van der Waals surface area contributed by atoms with Gasteiger partial charge < -0.3 is 20.3 Å². The first kappa shape index (κ1) is 19.2. The number of para-hydroxylation sites is 2. The number of nitrogens with one attached hydrogen (secondary N) is 2. The summed E-state index contributed by atoms with van der Waals surface area (Å²) in [4.78, 5) is 26.7. The molecular weight excluding hydrogens is 318 g/mol. The van der Waals surface area contributed by atoms with Gasteiger partial charge in [-0.15, -0.1) is 0 Å². The SMILES string of the molecule is COc1ccccc1NC(=O)C1CCC(C(=O)NCCN(C)C)CC1. The van der Waals surface area contributed by atoms with Crippen molar-refractivity contribution in [3.05, 3.63) is 24.3 Å². The van der Waals surface area contributed by atoms with E-state index in [2.05, 4.69) is 10.6 Å². The predicted octanol–water partition coefficient (Wildman–Crippen LogP) is 2.12. The first-order valence-corrected chi connectivity index (χ1v) is 8.87. The maximum absolute atomic E-state index is 12.5. The van der Waals surface area contributed by atoms with E-state index in [4.69, 9.17) is 4.74 Å². The van der Waals surface area contributed by atoms with E-state index < -0.39 is 0 Å². The van der Waals surface area contributed by atoms with Crippen LogP contribution in [0.5, 0.6) is 5.75 Å². The van der Waals surface area contributed by atoms with Crippen molar-refractivity contribution in [3.8, 4) is 5.75 Å². The molecular formula is C19H29N3O3. The van der Waals surface area contributed by atoms with Crippen molar-refractivity contribution in [2.24, 2.45) is 11.8 Å². The Morgan fingerprint density at radius 2 is 1.68 bits per heavy atom. The molecule has 1 fully saturated rings. The molecule has 0 atom stereocenters. The van der Waals surface area contributed by atoms with E-state index in [1.807, 2.05) is 43.3 Å². The highest BCUT2D eigenvalue weighted by molar-refractivity contribution is 5.94. The van der Waals surface area contributed by atoms with Crippen LogP contribution in [-0.2, 0) is 9.59 Å². The van der Waals surface area contributed by atoms with Crippen LogP contribution in [0.25, 0.3) is 0 Å². The van der Waals surface area contributed by atoms with E-state index in [1.165, 1.54) is 0 Å². The van der Waals surface area contributed by atoms with E-state index >= 15 is 0 Å². The number of amides is 2. The lowest BCUT2D eigenvalue weighted by Gasteiger charge is -2.27. The fraction of sp³-hybridized carbons (Fsp3) is 0.579. The Labute approximate surface area is 149 Å². The second kappa shape index (κ2) is 9.42. The standard InChI is InChI=1S/C19H29N3O3/c1-22(2)13-12-20-18(23)14-8-10-15(11-9-14)19(24)21-16-6-4-5-7-17(16)25-3/h4-7,14-15H,8-13H2,1-3H3,(H,20,23)(H,21,24). The van der Waals surface area contributed by atoms with Gasteiger partial charge in [-0.3, -0.25) is 9.59 Å². The highest BCUT2D eigenvalue weighted by Gasteiger charge is 2.30. The number of carbonyl (C=O) groups is 2. The summed E-state index contributed by atoms with van der Waals surface area (Å²) < 4.78 is 5.27. The van der Waals surface area contributed by atoms with Crippen molar-refractivity contribution < 1.29 is 14.3 Å². The number of carbonyl (C=O) groups excluding carboxylic acids is 2. The zero-order chi connectivity index (χ0) is 18.2. The maximum Gasteiger partial charge on any atom is 0.227 e. The van der Waals surface area contributed by atoms with Gasteiger partial charge in [0.15, 0.2) is 0 Å². The van der Waals surface area contributed by atoms with Gasteiger partial charge in [0.1, 0.15) is 5.75 Å². The smallest absolute Gasteiger partial charge is 0.227 e. The monoisotopic (exact) mass is 347 g/mol. The number of likely N-dealkylation sites (N-methyl/N-ethyl adjacent to an activating group) is 1. The molecule has 138 valence electrons. The third-order valence-corrected chi connectivity index (χ3v) is 4.69. The molecule has 1 aliphatic rings. The summed E-state index contributed by atoms with van der Waals surface area (Å²) in [7, 11) is 5.56. The Balaban J connectivity index is 1.79. The second-order valence-corrected chi connectivity index (χ2v) is 6.83. The van der Waals surface area contributed by atoms with Gasteiger partial charge >= 0.3 is 0 Å². The lowest BCUT2D eigenvalue weighted by Crippen LogP contribution is -2.38. The number of anilines is 1. The molecule has 1 aliphatic carbocycles. The summed E-state index contributed by atoms with van der Waals surface area (Å²) in [6.07, 6.45) is 3.01. The number of ether oxygens (including phenoxy) is 1. The molecule has 0 spiro atoms. The predicted molar refractivity (Wildman–Crippen MR) is 98.6 cm³/mol. The summed E-state index contributed by atoms with van der Waals surface area (Å²) in [6, 6.07) is 7.40. The molecule has 0 bridgehead atoms. The van der Waals surface area contributed by atoms with Gasteiger partial charge in [0.25, 0.3) is 0 Å². The molecule has 1 aromatic carbocycles. The van der Waals surface area contributed by atoms with Crippen molar-refractivity contribution in [1.82, 2.24) is 10.2 Å². The zero-order valence-electron chi connectivity index (χ0n) is 15.4. The third kappa shape index (κ3) is 5.74. The molecule has 0 saturated heterocycles. The molecule has 25 heavy (non-hydrogen) atoms. The number of benzene rings is 1. The summed E-state index contributed by atoms with van der Waals surface area (Å²) >= 11 is 0. The minimum atomic E-state index is -0.0456. The van der Waals surface area contributed by atoms with Crippen LogP contribution < -0.4 is 15.4 Å². The van der Waals surface area contributed by atoms with Crippen LogP contribution in [0.2, 0.25) is 0 Å². The van der Waals surface area contributed by atoms with Gasteiger partial charge in [0.05, 0.1) is 12.8 Å². The van der Waals surface area contributed by atoms with Crippen LogP contribution in [-0.4, -0.2) is 51.0 Å². The molecule has 1 saturated carbocycles. The van der Waals surface area contributed by atoms with Crippen molar-refractivity contribution in [1.29, 1.82) is 0 Å². The molecule has 6 nitrogen and oxygen atoms in total. The largest absolute Gasteiger partial charge is 0.495 e. The van der Waals surface area contributed by atoms with E-state index in [0.717, 1.165) is 32.2 Å². The number of hydrogen-bond acceptors (Lipinski definition) is 4. The lowest BCUT2D eigenvalue weighted by molar-refractivity contribution is -0.128. The Bertz CT molecular complexity index is 581. The third-order valence-electron chi connectivity index (χ3n) is 4.69. The molecule has 0 radical (unpaired) electrons. The molecule has 2 N–H and O–H groups in total. The summed E-state index contributed by atoms with van der Waals surface area (Å²) in [5, 5.41) is 5.94. The molecule has 1 aromatic rings. The number of hydrogen-bond donors (Lipinski definition) is 2. The summed E-state index contributed by atoms with van der Waals surface area (Å²) in [5.74, 6) is 0.763. The minimum Gasteiger partial charge on any atom is -0.495 e. The first-order valence-electron chi connectivity index (χ1n) is 8.87. The van der Waals surface area contributed by atoms with E-state index in [9.17, 15) is 9.59 Å². The van der Waals surface area contributed by atoms with Gasteiger partial charge in [-0.05, 0) is 51.9 Å². The number of methoxy groups -OCH3 is 1. The fourth-order valence-corrected chi connectivity index (χ4v) is 3.15. The van der Waals surface area contributed by atoms with Crippen LogP contribution in [0.3, 0.4) is 0 Å². The van der Waals surface area contributed by atoms with Gasteiger partial charge in [-0.1, -0.05) is 12.1 Å². The van der Waals surface area contributed by atoms with Gasteiger partial charge in [0.2, 0.25) is 11.8 Å². The van der Waals surface area contributed by atoms with E-state index in [-0.39, 0.29) is 23.7 Å². The average Bonchev–Trinajstić information content (AvgIpc) is 2.62. The van der Waals surface area contributed by atoms with E-state index in [0.29, 0.717) is 18.0 Å². The van der Waals surface area contributed by atoms with Gasteiger partial charge in [-0.25, -0.2) is 0 Å². The van der Waals surface area contributed by atoms with Crippen LogP contribution in [0, 0.1) is 11.8 Å². The second-order valence-electron chi connectivity index (χ2n) is 6.83. The molecule has 0 aliphatic heterocycles.